The van der Waals surface area contributed by atoms with Gasteiger partial charge in [0.1, 0.15) is 11.8 Å². The van der Waals surface area contributed by atoms with Crippen molar-refractivity contribution in [1.82, 2.24) is 4.90 Å². The highest BCUT2D eigenvalue weighted by Gasteiger charge is 2.37. The Kier molecular flexibility index (Phi) is 3.87. The number of carbonyl (C=O) groups excluding carboxylic acids is 3. The van der Waals surface area contributed by atoms with Gasteiger partial charge in [0.2, 0.25) is 0 Å². The molecule has 0 aromatic heterocycles. The smallest absolute Gasteiger partial charge is 0.334 e. The summed E-state index contributed by atoms with van der Waals surface area (Å²) < 4.78 is 5.28. The first-order valence-corrected chi connectivity index (χ1v) is 7.15. The molecule has 1 heterocycles. The summed E-state index contributed by atoms with van der Waals surface area (Å²) in [5.74, 6) is -0.925. The number of rotatable bonds is 5. The second-order valence-electron chi connectivity index (χ2n) is 5.22. The highest BCUT2D eigenvalue weighted by Crippen LogP contribution is 2.22. The Bertz CT molecular complexity index is 657. The summed E-state index contributed by atoms with van der Waals surface area (Å²) in [5.41, 5.74) is 0.861. The number of hydrogen-bond acceptors (Lipinski definition) is 4. The van der Waals surface area contributed by atoms with E-state index in [-0.39, 0.29) is 6.42 Å². The molecule has 2 aliphatic rings. The highest BCUT2D eigenvalue weighted by atomic mass is 16.5. The molecule has 22 heavy (non-hydrogen) atoms. The molecule has 1 aromatic rings. The zero-order chi connectivity index (χ0) is 15.5. The van der Waals surface area contributed by atoms with Crippen molar-refractivity contribution in [2.24, 2.45) is 0 Å². The molecule has 0 N–H and O–H groups in total. The Hall–Kier alpha value is -2.69. The van der Waals surface area contributed by atoms with Crippen LogP contribution in [-0.4, -0.2) is 28.7 Å². The van der Waals surface area contributed by atoms with Crippen molar-refractivity contribution in [3.8, 4) is 0 Å². The number of esters is 1. The first-order chi connectivity index (χ1) is 10.6. The number of carbonyl (C=O) groups is 3. The van der Waals surface area contributed by atoms with Crippen molar-refractivity contribution >= 4 is 17.8 Å². The summed E-state index contributed by atoms with van der Waals surface area (Å²) in [5, 5.41) is 0. The molecule has 0 saturated heterocycles. The predicted molar refractivity (Wildman–Crippen MR) is 78.3 cm³/mol. The molecule has 1 unspecified atom stereocenters. The lowest BCUT2D eigenvalue weighted by Gasteiger charge is -2.26. The van der Waals surface area contributed by atoms with Gasteiger partial charge in [-0.2, -0.15) is 0 Å². The lowest BCUT2D eigenvalue weighted by atomic mass is 10.0. The van der Waals surface area contributed by atoms with Crippen LogP contribution in [0.15, 0.2) is 54.3 Å². The normalized spacial score (nSPS) is 18.0. The van der Waals surface area contributed by atoms with Gasteiger partial charge < -0.3 is 4.74 Å². The third-order valence-electron chi connectivity index (χ3n) is 3.69. The molecule has 3 rings (SSSR count). The van der Waals surface area contributed by atoms with Crippen molar-refractivity contribution in [2.75, 3.05) is 0 Å². The first kappa shape index (κ1) is 14.3. The van der Waals surface area contributed by atoms with E-state index in [1.165, 1.54) is 12.2 Å². The zero-order valence-electron chi connectivity index (χ0n) is 11.9. The molecule has 0 saturated carbocycles. The lowest BCUT2D eigenvalue weighted by Crippen LogP contribution is -2.47. The van der Waals surface area contributed by atoms with Crippen LogP contribution < -0.4 is 0 Å². The monoisotopic (exact) mass is 297 g/mol. The molecule has 0 fully saturated rings. The van der Waals surface area contributed by atoms with Crippen LogP contribution in [-0.2, 0) is 25.5 Å². The van der Waals surface area contributed by atoms with E-state index in [0.717, 1.165) is 16.9 Å². The Labute approximate surface area is 127 Å². The van der Waals surface area contributed by atoms with Crippen molar-refractivity contribution in [1.29, 1.82) is 0 Å². The summed E-state index contributed by atoms with van der Waals surface area (Å²) in [4.78, 5) is 37.1. The summed E-state index contributed by atoms with van der Waals surface area (Å²) in [6, 6.07) is 8.31. The molecule has 5 heteroatoms. The quantitative estimate of drug-likeness (QED) is 0.613. The van der Waals surface area contributed by atoms with Crippen LogP contribution >= 0.6 is 0 Å². The van der Waals surface area contributed by atoms with Gasteiger partial charge in [0.15, 0.2) is 0 Å². The van der Waals surface area contributed by atoms with Crippen molar-refractivity contribution < 1.29 is 19.1 Å². The minimum atomic E-state index is -0.945. The topological polar surface area (TPSA) is 63.7 Å². The summed E-state index contributed by atoms with van der Waals surface area (Å²) in [7, 11) is 0. The number of hydrogen-bond donors (Lipinski definition) is 0. The maximum atomic E-state index is 12.4. The van der Waals surface area contributed by atoms with E-state index in [1.54, 1.807) is 0 Å². The second kappa shape index (κ2) is 5.97. The summed E-state index contributed by atoms with van der Waals surface area (Å²) in [6.07, 6.45) is 6.01. The van der Waals surface area contributed by atoms with Gasteiger partial charge in [-0.25, -0.2) is 4.79 Å². The molecular weight excluding hydrogens is 282 g/mol. The molecule has 0 spiro atoms. The molecule has 1 aliphatic heterocycles. The van der Waals surface area contributed by atoms with Crippen molar-refractivity contribution in [3.63, 3.8) is 0 Å². The Morgan fingerprint density at radius 1 is 1.14 bits per heavy atom. The molecule has 0 bridgehead atoms. The minimum absolute atomic E-state index is 0.242. The molecular formula is C17H15NO4. The standard InChI is InChI=1S/C17H15NO4/c19-15-9-10-16(20)18(15)14(11-12-5-2-1-3-6-12)17(21)22-13-7-4-8-13/h1-3,5-7,9-10,14H,4,8,11H2. The van der Waals surface area contributed by atoms with Crippen LogP contribution in [0.2, 0.25) is 0 Å². The molecule has 112 valence electrons. The van der Waals surface area contributed by atoms with Crippen LogP contribution in [0.1, 0.15) is 18.4 Å². The van der Waals surface area contributed by atoms with E-state index in [9.17, 15) is 14.4 Å². The highest BCUT2D eigenvalue weighted by molar-refractivity contribution is 6.14. The fourth-order valence-electron chi connectivity index (χ4n) is 2.39. The SMILES string of the molecule is O=C(OC1=CCC1)C(Cc1ccccc1)N1C(=O)C=CC1=O. The Balaban J connectivity index is 1.82. The molecule has 1 aromatic carbocycles. The average Bonchev–Trinajstić information content (AvgIpc) is 2.81. The molecule has 2 amide bonds. The van der Waals surface area contributed by atoms with Gasteiger partial charge >= 0.3 is 5.97 Å². The van der Waals surface area contributed by atoms with Crippen LogP contribution in [0.3, 0.4) is 0 Å². The van der Waals surface area contributed by atoms with E-state index in [4.69, 9.17) is 4.74 Å². The number of allylic oxidation sites excluding steroid dienone is 2. The Morgan fingerprint density at radius 2 is 1.77 bits per heavy atom. The predicted octanol–water partition coefficient (Wildman–Crippen LogP) is 1.74. The number of imide groups is 1. The van der Waals surface area contributed by atoms with Gasteiger partial charge in [-0.3, -0.25) is 14.5 Å². The molecule has 5 nitrogen and oxygen atoms in total. The largest absolute Gasteiger partial charge is 0.430 e. The van der Waals surface area contributed by atoms with E-state index in [1.807, 2.05) is 36.4 Å². The average molecular weight is 297 g/mol. The third-order valence-corrected chi connectivity index (χ3v) is 3.69. The molecule has 0 radical (unpaired) electrons. The second-order valence-corrected chi connectivity index (χ2v) is 5.22. The fraction of sp³-hybridized carbons (Fsp3) is 0.235. The number of benzene rings is 1. The zero-order valence-corrected chi connectivity index (χ0v) is 11.9. The van der Waals surface area contributed by atoms with Crippen LogP contribution in [0.25, 0.3) is 0 Å². The molecule has 1 aliphatic carbocycles. The van der Waals surface area contributed by atoms with Crippen LogP contribution in [0.4, 0.5) is 0 Å². The van der Waals surface area contributed by atoms with Gasteiger partial charge in [-0.1, -0.05) is 30.3 Å². The maximum Gasteiger partial charge on any atom is 0.334 e. The third kappa shape index (κ3) is 2.83. The maximum absolute atomic E-state index is 12.4. The van der Waals surface area contributed by atoms with E-state index >= 15 is 0 Å². The van der Waals surface area contributed by atoms with E-state index < -0.39 is 23.8 Å². The summed E-state index contributed by atoms with van der Waals surface area (Å²) >= 11 is 0. The minimum Gasteiger partial charge on any atom is -0.430 e. The van der Waals surface area contributed by atoms with E-state index in [2.05, 4.69) is 0 Å². The number of amides is 2. The first-order valence-electron chi connectivity index (χ1n) is 7.15. The van der Waals surface area contributed by atoms with Crippen LogP contribution in [0, 0.1) is 0 Å². The van der Waals surface area contributed by atoms with Gasteiger partial charge in [0, 0.05) is 25.0 Å². The number of ether oxygens (including phenoxy) is 1. The van der Waals surface area contributed by atoms with Gasteiger partial charge in [0.25, 0.3) is 11.8 Å². The van der Waals surface area contributed by atoms with E-state index in [0.29, 0.717) is 12.2 Å². The van der Waals surface area contributed by atoms with Crippen LogP contribution in [0.5, 0.6) is 0 Å². The fourth-order valence-corrected chi connectivity index (χ4v) is 2.39. The number of nitrogens with zero attached hydrogens (tertiary/aromatic N) is 1. The Morgan fingerprint density at radius 3 is 2.32 bits per heavy atom. The van der Waals surface area contributed by atoms with Gasteiger partial charge in [-0.05, 0) is 18.1 Å². The lowest BCUT2D eigenvalue weighted by molar-refractivity contribution is -0.155. The van der Waals surface area contributed by atoms with Gasteiger partial charge in [-0.15, -0.1) is 0 Å². The van der Waals surface area contributed by atoms with Crippen molar-refractivity contribution in [3.05, 3.63) is 59.9 Å². The van der Waals surface area contributed by atoms with Crippen molar-refractivity contribution in [2.45, 2.75) is 25.3 Å². The molecule has 1 atom stereocenters. The van der Waals surface area contributed by atoms with Gasteiger partial charge in [0.05, 0.1) is 0 Å². The summed E-state index contributed by atoms with van der Waals surface area (Å²) in [6.45, 7) is 0.